The van der Waals surface area contributed by atoms with Crippen LogP contribution in [0.1, 0.15) is 33.1 Å². The Morgan fingerprint density at radius 1 is 1.39 bits per heavy atom. The van der Waals surface area contributed by atoms with Gasteiger partial charge in [-0.05, 0) is 43.8 Å². The number of piperidine rings is 1. The lowest BCUT2D eigenvalue weighted by Crippen LogP contribution is -2.41. The second kappa shape index (κ2) is 9.33. The molecule has 0 spiro atoms. The summed E-state index contributed by atoms with van der Waals surface area (Å²) in [7, 11) is 0. The fourth-order valence-corrected chi connectivity index (χ4v) is 4.40. The van der Waals surface area contributed by atoms with E-state index in [0.717, 1.165) is 26.1 Å². The average Bonchev–Trinajstić information content (AvgIpc) is 3.29. The van der Waals surface area contributed by atoms with E-state index < -0.39 is 0 Å². The summed E-state index contributed by atoms with van der Waals surface area (Å²) in [5, 5.41) is 16.3. The Hall–Kier alpha value is -2.20. The van der Waals surface area contributed by atoms with Crippen LogP contribution in [0.25, 0.3) is 4.96 Å². The van der Waals surface area contributed by atoms with Crippen molar-refractivity contribution in [1.29, 1.82) is 0 Å². The lowest BCUT2D eigenvalue weighted by molar-refractivity contribution is -0.389. The van der Waals surface area contributed by atoms with Crippen LogP contribution < -0.4 is 10.2 Å². The first kappa shape index (κ1) is 20.5. The summed E-state index contributed by atoms with van der Waals surface area (Å²) in [6.45, 7) is 9.23. The number of carbonyl (C=O) groups is 1. The zero-order valence-electron chi connectivity index (χ0n) is 16.5. The SMILES string of the molecule is CCN(CC)CCCNC(=O)C1CCN(c2nc3sccn3c2[N+](=O)[O-])CC1. The molecule has 1 saturated heterocycles. The number of carbonyl (C=O) groups excluding carboxylic acids is 1. The van der Waals surface area contributed by atoms with Crippen LogP contribution in [-0.2, 0) is 4.79 Å². The molecule has 2 aromatic heterocycles. The molecule has 0 radical (unpaired) electrons. The van der Waals surface area contributed by atoms with E-state index in [9.17, 15) is 14.9 Å². The first-order valence-electron chi connectivity index (χ1n) is 9.90. The molecule has 28 heavy (non-hydrogen) atoms. The molecule has 1 aliphatic rings. The Labute approximate surface area is 168 Å². The maximum atomic E-state index is 12.4. The number of thiazole rings is 1. The predicted octanol–water partition coefficient (Wildman–Crippen LogP) is 2.37. The topological polar surface area (TPSA) is 96.0 Å². The van der Waals surface area contributed by atoms with E-state index in [1.807, 2.05) is 4.90 Å². The van der Waals surface area contributed by atoms with Gasteiger partial charge in [0, 0.05) is 30.9 Å². The number of amides is 1. The highest BCUT2D eigenvalue weighted by Gasteiger charge is 2.32. The second-order valence-corrected chi connectivity index (χ2v) is 7.88. The molecule has 0 atom stereocenters. The second-order valence-electron chi connectivity index (χ2n) is 7.00. The Morgan fingerprint density at radius 3 is 2.75 bits per heavy atom. The van der Waals surface area contributed by atoms with Gasteiger partial charge in [-0.15, -0.1) is 0 Å². The van der Waals surface area contributed by atoms with Crippen molar-refractivity contribution < 1.29 is 9.72 Å². The summed E-state index contributed by atoms with van der Waals surface area (Å²) in [6, 6.07) is 0. The number of imidazole rings is 1. The van der Waals surface area contributed by atoms with Crippen molar-refractivity contribution in [3.8, 4) is 0 Å². The third kappa shape index (κ3) is 4.44. The van der Waals surface area contributed by atoms with E-state index in [1.165, 1.54) is 15.7 Å². The third-order valence-corrected chi connectivity index (χ3v) is 6.16. The van der Waals surface area contributed by atoms with E-state index >= 15 is 0 Å². The molecule has 0 unspecified atom stereocenters. The maximum absolute atomic E-state index is 12.4. The quantitative estimate of drug-likeness (QED) is 0.389. The van der Waals surface area contributed by atoms with E-state index in [2.05, 4.69) is 29.0 Å². The smallest absolute Gasteiger partial charge is 0.358 e. The molecule has 1 N–H and O–H groups in total. The van der Waals surface area contributed by atoms with Crippen molar-refractivity contribution in [2.24, 2.45) is 5.92 Å². The Kier molecular flexibility index (Phi) is 6.84. The minimum Gasteiger partial charge on any atom is -0.358 e. The molecule has 0 saturated carbocycles. The van der Waals surface area contributed by atoms with Crippen molar-refractivity contribution >= 4 is 33.8 Å². The molecular weight excluding hydrogens is 380 g/mol. The Balaban J connectivity index is 1.51. The predicted molar refractivity (Wildman–Crippen MR) is 110 cm³/mol. The number of hydrogen-bond donors (Lipinski definition) is 1. The molecule has 2 aromatic rings. The van der Waals surface area contributed by atoms with Gasteiger partial charge in [0.25, 0.3) is 4.96 Å². The maximum Gasteiger partial charge on any atom is 0.373 e. The van der Waals surface area contributed by atoms with E-state index in [-0.39, 0.29) is 22.6 Å². The zero-order chi connectivity index (χ0) is 20.1. The van der Waals surface area contributed by atoms with Crippen LogP contribution >= 0.6 is 11.3 Å². The summed E-state index contributed by atoms with van der Waals surface area (Å²) in [5.74, 6) is 0.484. The zero-order valence-corrected chi connectivity index (χ0v) is 17.3. The number of rotatable bonds is 9. The Morgan fingerprint density at radius 2 is 2.11 bits per heavy atom. The molecule has 3 heterocycles. The third-order valence-electron chi connectivity index (χ3n) is 5.40. The first-order chi connectivity index (χ1) is 13.5. The largest absolute Gasteiger partial charge is 0.373 e. The number of nitrogens with one attached hydrogen (secondary N) is 1. The number of aromatic nitrogens is 2. The van der Waals surface area contributed by atoms with E-state index in [1.54, 1.807) is 11.6 Å². The molecule has 1 fully saturated rings. The number of anilines is 1. The monoisotopic (exact) mass is 408 g/mol. The highest BCUT2D eigenvalue weighted by Crippen LogP contribution is 2.33. The van der Waals surface area contributed by atoms with Crippen LogP contribution in [-0.4, -0.2) is 64.4 Å². The standard InChI is InChI=1S/C18H28N6O3S/c1-3-21(4-2)9-5-8-19-16(25)14-6-10-22(11-7-14)15-17(24(26)27)23-12-13-28-18(23)20-15/h12-14H,3-11H2,1-2H3,(H,19,25). The van der Waals surface area contributed by atoms with Crippen molar-refractivity contribution in [3.63, 3.8) is 0 Å². The molecule has 10 heteroatoms. The van der Waals surface area contributed by atoms with Gasteiger partial charge in [0.15, 0.2) is 0 Å². The van der Waals surface area contributed by atoms with E-state index in [4.69, 9.17) is 0 Å². The molecule has 0 aliphatic carbocycles. The van der Waals surface area contributed by atoms with Gasteiger partial charge in [-0.3, -0.25) is 4.79 Å². The molecule has 3 rings (SSSR count). The van der Waals surface area contributed by atoms with Crippen molar-refractivity contribution in [3.05, 3.63) is 21.7 Å². The first-order valence-corrected chi connectivity index (χ1v) is 10.8. The highest BCUT2D eigenvalue weighted by atomic mass is 32.1. The van der Waals surface area contributed by atoms with Gasteiger partial charge in [-0.25, -0.2) is 0 Å². The van der Waals surface area contributed by atoms with Crippen LogP contribution in [0.4, 0.5) is 11.6 Å². The lowest BCUT2D eigenvalue weighted by atomic mass is 9.96. The summed E-state index contributed by atoms with van der Waals surface area (Å²) >= 11 is 1.38. The molecule has 9 nitrogen and oxygen atoms in total. The number of hydrogen-bond acceptors (Lipinski definition) is 7. The number of nitro groups is 1. The lowest BCUT2D eigenvalue weighted by Gasteiger charge is -2.31. The van der Waals surface area contributed by atoms with Gasteiger partial charge in [0.2, 0.25) is 11.7 Å². The average molecular weight is 409 g/mol. The molecular formula is C18H28N6O3S. The molecule has 0 aromatic carbocycles. The van der Waals surface area contributed by atoms with Crippen LogP contribution in [0.2, 0.25) is 0 Å². The molecule has 154 valence electrons. The van der Waals surface area contributed by atoms with Crippen molar-refractivity contribution in [1.82, 2.24) is 19.6 Å². The number of fused-ring (bicyclic) bond motifs is 1. The van der Waals surface area contributed by atoms with Gasteiger partial charge >= 0.3 is 5.82 Å². The Bertz CT molecular complexity index is 807. The van der Waals surface area contributed by atoms with Gasteiger partial charge in [0.1, 0.15) is 6.20 Å². The minimum atomic E-state index is -0.378. The van der Waals surface area contributed by atoms with Crippen LogP contribution in [0, 0.1) is 16.0 Å². The minimum absolute atomic E-state index is 0.00977. The fourth-order valence-electron chi connectivity index (χ4n) is 3.70. The normalized spacial score (nSPS) is 15.5. The van der Waals surface area contributed by atoms with Crippen LogP contribution in [0.15, 0.2) is 11.6 Å². The summed E-state index contributed by atoms with van der Waals surface area (Å²) in [5.41, 5.74) is 0. The molecule has 1 aliphatic heterocycles. The van der Waals surface area contributed by atoms with Crippen LogP contribution in [0.3, 0.4) is 0 Å². The van der Waals surface area contributed by atoms with Crippen molar-refractivity contribution in [2.75, 3.05) is 44.2 Å². The fraction of sp³-hybridized carbons (Fsp3) is 0.667. The van der Waals surface area contributed by atoms with Crippen LogP contribution in [0.5, 0.6) is 0 Å². The van der Waals surface area contributed by atoms with Crippen molar-refractivity contribution in [2.45, 2.75) is 33.1 Å². The number of nitrogens with zero attached hydrogens (tertiary/aromatic N) is 5. The van der Waals surface area contributed by atoms with Gasteiger partial charge in [-0.1, -0.05) is 25.2 Å². The molecule has 1 amide bonds. The summed E-state index contributed by atoms with van der Waals surface area (Å²) in [6.07, 6.45) is 3.99. The highest BCUT2D eigenvalue weighted by molar-refractivity contribution is 7.15. The van der Waals surface area contributed by atoms with Gasteiger partial charge in [0.05, 0.1) is 0 Å². The summed E-state index contributed by atoms with van der Waals surface area (Å²) < 4.78 is 1.52. The summed E-state index contributed by atoms with van der Waals surface area (Å²) in [4.78, 5) is 32.9. The molecule has 0 bridgehead atoms. The van der Waals surface area contributed by atoms with E-state index in [0.29, 0.717) is 43.3 Å². The van der Waals surface area contributed by atoms with Gasteiger partial charge < -0.3 is 25.2 Å². The van der Waals surface area contributed by atoms with Gasteiger partial charge in [-0.2, -0.15) is 9.38 Å².